The fraction of sp³-hybridized carbons (Fsp3) is 0.842. The van der Waals surface area contributed by atoms with Crippen LogP contribution < -0.4 is 42.5 Å². The van der Waals surface area contributed by atoms with Crippen molar-refractivity contribution in [2.75, 3.05) is 61.7 Å². The molecule has 332 valence electrons. The van der Waals surface area contributed by atoms with Crippen LogP contribution in [-0.2, 0) is 19.2 Å². The topological polar surface area (TPSA) is 199 Å². The van der Waals surface area contributed by atoms with E-state index in [1.165, 1.54) is 0 Å². The van der Waals surface area contributed by atoms with Gasteiger partial charge in [0.2, 0.25) is 23.6 Å². The highest BCUT2D eigenvalue weighted by atomic mass is 33.1. The molecule has 0 radical (unpaired) electrons. The molecule has 4 aliphatic heterocycles. The van der Waals surface area contributed by atoms with Gasteiger partial charge in [-0.3, -0.25) is 19.2 Å². The van der Waals surface area contributed by atoms with Gasteiger partial charge in [0.25, 0.3) is 0 Å². The molecule has 8 amide bonds. The maximum absolute atomic E-state index is 11.9. The lowest BCUT2D eigenvalue weighted by atomic mass is 10.0. The third-order valence-corrected chi connectivity index (χ3v) is 16.9. The van der Waals surface area contributed by atoms with Crippen LogP contribution in [0.3, 0.4) is 0 Å². The van der Waals surface area contributed by atoms with Gasteiger partial charge in [0.05, 0.1) is 24.2 Å². The second-order valence-corrected chi connectivity index (χ2v) is 22.6. The number of rotatable bonds is 30. The highest BCUT2D eigenvalue weighted by molar-refractivity contribution is 8.76. The lowest BCUT2D eigenvalue weighted by molar-refractivity contribution is -0.122. The van der Waals surface area contributed by atoms with Gasteiger partial charge in [0.1, 0.15) is 0 Å². The molecule has 4 rings (SSSR count). The quantitative estimate of drug-likeness (QED) is 0.0272. The SMILES string of the molecule is CSSCCC(=O)NCCCCCCNC(=O)CCCCC1SCC2NC(=O)NC21.CSSCCC(=O)NCCCCNC(=O)CCCCC1SCC2NC(=O)NC21. The summed E-state index contributed by atoms with van der Waals surface area (Å²) in [5, 5.41) is 24.7. The van der Waals surface area contributed by atoms with Gasteiger partial charge in [0.15, 0.2) is 0 Å². The van der Waals surface area contributed by atoms with Gasteiger partial charge in [0, 0.05) is 85.4 Å². The minimum Gasteiger partial charge on any atom is -0.356 e. The molecule has 4 heterocycles. The number of carbonyl (C=O) groups is 6. The van der Waals surface area contributed by atoms with Gasteiger partial charge in [-0.15, -0.1) is 0 Å². The Kier molecular flexibility index (Phi) is 27.5. The van der Waals surface area contributed by atoms with Crippen LogP contribution in [0.2, 0.25) is 0 Å². The first-order valence-corrected chi connectivity index (χ1v) is 28.5. The Hall–Kier alpha value is -1.48. The maximum atomic E-state index is 11.9. The number of unbranched alkanes of at least 4 members (excludes halogenated alkanes) is 6. The number of thioether (sulfide) groups is 2. The van der Waals surface area contributed by atoms with E-state index in [9.17, 15) is 28.8 Å². The Morgan fingerprint density at radius 3 is 1.26 bits per heavy atom. The van der Waals surface area contributed by atoms with Crippen LogP contribution in [0.5, 0.6) is 0 Å². The summed E-state index contributed by atoms with van der Waals surface area (Å²) in [6.07, 6.45) is 18.1. The molecule has 4 aliphatic rings. The molecule has 14 nitrogen and oxygen atoms in total. The molecule has 0 aromatic rings. The number of hydrogen-bond donors (Lipinski definition) is 8. The second kappa shape index (κ2) is 31.4. The van der Waals surface area contributed by atoms with Gasteiger partial charge in [-0.1, -0.05) is 68.9 Å². The van der Waals surface area contributed by atoms with Crippen LogP contribution in [0.25, 0.3) is 0 Å². The fourth-order valence-corrected chi connectivity index (χ4v) is 12.6. The summed E-state index contributed by atoms with van der Waals surface area (Å²) < 4.78 is 0. The zero-order chi connectivity index (χ0) is 41.8. The summed E-state index contributed by atoms with van der Waals surface area (Å²) in [7, 11) is 6.77. The average molecular weight is 925 g/mol. The number of amides is 8. The van der Waals surface area contributed by atoms with E-state index in [0.717, 1.165) is 113 Å². The lowest BCUT2D eigenvalue weighted by Gasteiger charge is -2.16. The summed E-state index contributed by atoms with van der Waals surface area (Å²) in [4.78, 5) is 69.7. The van der Waals surface area contributed by atoms with Crippen molar-refractivity contribution in [1.29, 1.82) is 0 Å². The van der Waals surface area contributed by atoms with Crippen LogP contribution in [0.1, 0.15) is 103 Å². The van der Waals surface area contributed by atoms with E-state index in [1.54, 1.807) is 43.2 Å². The largest absolute Gasteiger partial charge is 0.356 e. The number of carbonyl (C=O) groups excluding carboxylic acids is 6. The van der Waals surface area contributed by atoms with Crippen molar-refractivity contribution in [3.63, 3.8) is 0 Å². The minimum atomic E-state index is -0.0474. The van der Waals surface area contributed by atoms with E-state index >= 15 is 0 Å². The number of fused-ring (bicyclic) bond motifs is 2. The standard InChI is InChI=1S/C20H36N4O3S3.C18H32N4O3S3/c1-28-30-13-10-18(26)22-12-7-3-2-6-11-21-17(25)9-5-4-8-16-19-15(14-29-16)23-20(27)24-19;1-26-28-11-8-16(24)20-10-5-4-9-19-15(23)7-3-2-6-14-17-13(12-27-14)21-18(25)22-17/h15-16,19H,2-14H2,1H3,(H,21,25)(H,22,26)(H2,23,24,27);13-14,17H,2-12H2,1H3,(H,19,23)(H,20,24)(H2,21,22,25). The molecule has 0 aromatic heterocycles. The first-order chi connectivity index (χ1) is 28.2. The zero-order valence-electron chi connectivity index (χ0n) is 34.3. The molecule has 6 atom stereocenters. The summed E-state index contributed by atoms with van der Waals surface area (Å²) in [6, 6.07) is 0.954. The maximum Gasteiger partial charge on any atom is 0.315 e. The third-order valence-electron chi connectivity index (χ3n) is 10.2. The van der Waals surface area contributed by atoms with Crippen LogP contribution >= 0.6 is 66.7 Å². The van der Waals surface area contributed by atoms with Crippen LogP contribution in [0.15, 0.2) is 0 Å². The Morgan fingerprint density at radius 1 is 0.517 bits per heavy atom. The monoisotopic (exact) mass is 924 g/mol. The number of urea groups is 2. The zero-order valence-corrected chi connectivity index (χ0v) is 39.2. The Labute approximate surface area is 370 Å². The molecule has 4 saturated heterocycles. The molecule has 0 aliphatic carbocycles. The van der Waals surface area contributed by atoms with Crippen molar-refractivity contribution in [2.24, 2.45) is 0 Å². The van der Waals surface area contributed by atoms with E-state index < -0.39 is 0 Å². The molecule has 0 saturated carbocycles. The Bertz CT molecular complexity index is 1260. The Morgan fingerprint density at radius 2 is 0.879 bits per heavy atom. The molecule has 20 heteroatoms. The normalized spacial score (nSPS) is 22.7. The van der Waals surface area contributed by atoms with Crippen molar-refractivity contribution in [1.82, 2.24) is 42.5 Å². The molecule has 0 aromatic carbocycles. The highest BCUT2D eigenvalue weighted by Crippen LogP contribution is 2.34. The van der Waals surface area contributed by atoms with E-state index in [4.69, 9.17) is 0 Å². The van der Waals surface area contributed by atoms with Crippen LogP contribution in [0.4, 0.5) is 9.59 Å². The first kappa shape index (κ1) is 50.9. The molecule has 0 spiro atoms. The van der Waals surface area contributed by atoms with Crippen molar-refractivity contribution in [2.45, 2.75) is 137 Å². The molecular weight excluding hydrogens is 857 g/mol. The van der Waals surface area contributed by atoms with Crippen molar-refractivity contribution < 1.29 is 28.8 Å². The predicted molar refractivity (Wildman–Crippen MR) is 249 cm³/mol. The van der Waals surface area contributed by atoms with Gasteiger partial charge in [-0.25, -0.2) is 9.59 Å². The average Bonchev–Trinajstić information content (AvgIpc) is 3.96. The van der Waals surface area contributed by atoms with Crippen LogP contribution in [-0.4, -0.2) is 132 Å². The second-order valence-electron chi connectivity index (χ2n) is 14.7. The summed E-state index contributed by atoms with van der Waals surface area (Å²) in [6.45, 7) is 2.81. The third kappa shape index (κ3) is 21.9. The predicted octanol–water partition coefficient (Wildman–Crippen LogP) is 5.03. The van der Waals surface area contributed by atoms with E-state index in [1.807, 2.05) is 36.0 Å². The van der Waals surface area contributed by atoms with Crippen molar-refractivity contribution in [3.05, 3.63) is 0 Å². The van der Waals surface area contributed by atoms with E-state index in [0.29, 0.717) is 49.3 Å². The molecule has 58 heavy (non-hydrogen) atoms. The van der Waals surface area contributed by atoms with Crippen LogP contribution in [0, 0.1) is 0 Å². The molecule has 4 fully saturated rings. The first-order valence-electron chi connectivity index (χ1n) is 21.0. The molecule has 8 N–H and O–H groups in total. The summed E-state index contributed by atoms with van der Waals surface area (Å²) >= 11 is 3.84. The number of hydrogen-bond acceptors (Lipinski definition) is 12. The summed E-state index contributed by atoms with van der Waals surface area (Å²) in [5.41, 5.74) is 0. The molecule has 6 unspecified atom stereocenters. The van der Waals surface area contributed by atoms with Crippen molar-refractivity contribution >= 4 is 102 Å². The minimum absolute atomic E-state index is 0.0414. The van der Waals surface area contributed by atoms with Gasteiger partial charge in [-0.2, -0.15) is 23.5 Å². The van der Waals surface area contributed by atoms with Crippen molar-refractivity contribution in [3.8, 4) is 0 Å². The molecule has 0 bridgehead atoms. The highest BCUT2D eigenvalue weighted by Gasteiger charge is 2.43. The van der Waals surface area contributed by atoms with Gasteiger partial charge < -0.3 is 42.5 Å². The van der Waals surface area contributed by atoms with Gasteiger partial charge >= 0.3 is 12.1 Å². The smallest absolute Gasteiger partial charge is 0.315 e. The fourth-order valence-electron chi connectivity index (χ4n) is 7.10. The van der Waals surface area contributed by atoms with Gasteiger partial charge in [-0.05, 0) is 63.9 Å². The van der Waals surface area contributed by atoms with E-state index in [2.05, 4.69) is 42.5 Å². The lowest BCUT2D eigenvalue weighted by Crippen LogP contribution is -2.36. The van der Waals surface area contributed by atoms with E-state index in [-0.39, 0.29) is 59.9 Å². The number of nitrogens with one attached hydrogen (secondary N) is 8. The Balaban J connectivity index is 0.000000311. The summed E-state index contributed by atoms with van der Waals surface area (Å²) in [5.74, 6) is 4.15. The molecular formula is C38H68N8O6S6.